The van der Waals surface area contributed by atoms with E-state index in [9.17, 15) is 0 Å². The Morgan fingerprint density at radius 3 is 2.93 bits per heavy atom. The van der Waals surface area contributed by atoms with Crippen molar-refractivity contribution in [3.05, 3.63) is 0 Å². The summed E-state index contributed by atoms with van der Waals surface area (Å²) in [5, 5.41) is 3.60. The predicted octanol–water partition coefficient (Wildman–Crippen LogP) is 1.23. The fraction of sp³-hybridized carbons (Fsp3) is 0.833. The van der Waals surface area contributed by atoms with Gasteiger partial charge in [0.15, 0.2) is 0 Å². The van der Waals surface area contributed by atoms with Crippen LogP contribution in [0.1, 0.15) is 32.1 Å². The van der Waals surface area contributed by atoms with Crippen LogP contribution in [0.5, 0.6) is 0 Å². The molecular formula is C12H20N2. The van der Waals surface area contributed by atoms with Crippen LogP contribution in [0.2, 0.25) is 0 Å². The maximum Gasteiger partial charge on any atom is 0.0601 e. The van der Waals surface area contributed by atoms with Gasteiger partial charge in [0, 0.05) is 12.1 Å². The van der Waals surface area contributed by atoms with Crippen molar-refractivity contribution in [2.24, 2.45) is 0 Å². The lowest BCUT2D eigenvalue weighted by molar-refractivity contribution is 0.137. The number of likely N-dealkylation sites (tertiary alicyclic amines) is 1. The van der Waals surface area contributed by atoms with Crippen molar-refractivity contribution in [1.29, 1.82) is 0 Å². The van der Waals surface area contributed by atoms with Crippen molar-refractivity contribution in [3.8, 4) is 12.3 Å². The van der Waals surface area contributed by atoms with E-state index in [0.717, 1.165) is 6.54 Å². The van der Waals surface area contributed by atoms with E-state index in [1.54, 1.807) is 0 Å². The molecule has 0 bridgehead atoms. The zero-order valence-corrected chi connectivity index (χ0v) is 8.84. The zero-order chi connectivity index (χ0) is 9.80. The van der Waals surface area contributed by atoms with E-state index in [0.29, 0.717) is 12.1 Å². The summed E-state index contributed by atoms with van der Waals surface area (Å²) < 4.78 is 0. The second-order valence-corrected chi connectivity index (χ2v) is 4.44. The molecule has 2 aliphatic rings. The van der Waals surface area contributed by atoms with Gasteiger partial charge in [-0.15, -0.1) is 6.42 Å². The van der Waals surface area contributed by atoms with Crippen molar-refractivity contribution >= 4 is 0 Å². The topological polar surface area (TPSA) is 15.3 Å². The molecule has 14 heavy (non-hydrogen) atoms. The van der Waals surface area contributed by atoms with Crippen LogP contribution < -0.4 is 5.32 Å². The number of hydrogen-bond acceptors (Lipinski definition) is 2. The highest BCUT2D eigenvalue weighted by molar-refractivity contribution is 4.96. The van der Waals surface area contributed by atoms with Crippen LogP contribution in [0.15, 0.2) is 0 Å². The van der Waals surface area contributed by atoms with Crippen molar-refractivity contribution in [1.82, 2.24) is 10.2 Å². The van der Waals surface area contributed by atoms with Crippen LogP contribution in [0, 0.1) is 12.3 Å². The standard InChI is InChI=1S/C12H20N2/c1-2-9-14-10-4-3-7-12(14)11-6-5-8-13-11/h1,11-13H,3-10H2. The Kier molecular flexibility index (Phi) is 3.44. The van der Waals surface area contributed by atoms with E-state index >= 15 is 0 Å². The Labute approximate surface area is 87.1 Å². The molecule has 0 aliphatic carbocycles. The van der Waals surface area contributed by atoms with Gasteiger partial charge in [-0.2, -0.15) is 0 Å². The molecule has 1 N–H and O–H groups in total. The molecule has 0 spiro atoms. The zero-order valence-electron chi connectivity index (χ0n) is 8.84. The lowest BCUT2D eigenvalue weighted by Gasteiger charge is -2.38. The molecule has 0 aromatic heterocycles. The Bertz CT molecular complexity index is 213. The van der Waals surface area contributed by atoms with Gasteiger partial charge in [0.05, 0.1) is 6.54 Å². The Morgan fingerprint density at radius 1 is 1.29 bits per heavy atom. The first-order chi connectivity index (χ1) is 6.92. The van der Waals surface area contributed by atoms with Crippen molar-refractivity contribution in [3.63, 3.8) is 0 Å². The SMILES string of the molecule is C#CCN1CCCCC1C1CCCN1. The fourth-order valence-corrected chi connectivity index (χ4v) is 2.83. The van der Waals surface area contributed by atoms with Crippen LogP contribution in [-0.4, -0.2) is 36.6 Å². The lowest BCUT2D eigenvalue weighted by Crippen LogP contribution is -2.50. The van der Waals surface area contributed by atoms with E-state index in [-0.39, 0.29) is 0 Å². The highest BCUT2D eigenvalue weighted by Gasteiger charge is 2.30. The Hall–Kier alpha value is -0.520. The molecule has 2 nitrogen and oxygen atoms in total. The minimum absolute atomic E-state index is 0.710. The molecule has 0 amide bonds. The van der Waals surface area contributed by atoms with Crippen molar-refractivity contribution in [2.45, 2.75) is 44.2 Å². The minimum atomic E-state index is 0.710. The van der Waals surface area contributed by atoms with Crippen molar-refractivity contribution < 1.29 is 0 Å². The third kappa shape index (κ3) is 2.10. The summed E-state index contributed by atoms with van der Waals surface area (Å²) in [4.78, 5) is 2.49. The average Bonchev–Trinajstić information content (AvgIpc) is 2.72. The van der Waals surface area contributed by atoms with Crippen LogP contribution in [0.25, 0.3) is 0 Å². The van der Waals surface area contributed by atoms with Gasteiger partial charge in [0.2, 0.25) is 0 Å². The lowest BCUT2D eigenvalue weighted by atomic mass is 9.94. The largest absolute Gasteiger partial charge is 0.312 e. The predicted molar refractivity (Wildman–Crippen MR) is 59.1 cm³/mol. The summed E-state index contributed by atoms with van der Waals surface area (Å²) in [6.45, 7) is 3.24. The molecule has 2 saturated heterocycles. The third-order valence-electron chi connectivity index (χ3n) is 3.52. The summed E-state index contributed by atoms with van der Waals surface area (Å²) >= 11 is 0. The third-order valence-corrected chi connectivity index (χ3v) is 3.52. The van der Waals surface area contributed by atoms with E-state index in [2.05, 4.69) is 16.1 Å². The molecule has 2 aliphatic heterocycles. The normalized spacial score (nSPS) is 34.2. The molecule has 2 heteroatoms. The number of nitrogens with one attached hydrogen (secondary N) is 1. The number of rotatable bonds is 2. The molecule has 0 radical (unpaired) electrons. The first-order valence-electron chi connectivity index (χ1n) is 5.82. The molecule has 0 aromatic rings. The summed E-state index contributed by atoms with van der Waals surface area (Å²) in [6.07, 6.45) is 12.1. The first-order valence-corrected chi connectivity index (χ1v) is 5.82. The molecule has 2 unspecified atom stereocenters. The maximum absolute atomic E-state index is 5.41. The van der Waals surface area contributed by atoms with Gasteiger partial charge in [-0.1, -0.05) is 12.3 Å². The fourth-order valence-electron chi connectivity index (χ4n) is 2.83. The van der Waals surface area contributed by atoms with Crippen molar-refractivity contribution in [2.75, 3.05) is 19.6 Å². The van der Waals surface area contributed by atoms with Crippen LogP contribution in [0.4, 0.5) is 0 Å². The van der Waals surface area contributed by atoms with Crippen LogP contribution >= 0.6 is 0 Å². The number of hydrogen-bond donors (Lipinski definition) is 1. The monoisotopic (exact) mass is 192 g/mol. The van der Waals surface area contributed by atoms with Gasteiger partial charge in [-0.3, -0.25) is 4.90 Å². The van der Waals surface area contributed by atoms with Crippen LogP contribution in [-0.2, 0) is 0 Å². The Morgan fingerprint density at radius 2 is 2.21 bits per heavy atom. The summed E-state index contributed by atoms with van der Waals surface area (Å²) in [7, 11) is 0. The molecule has 2 atom stereocenters. The van der Waals surface area contributed by atoms with Gasteiger partial charge < -0.3 is 5.32 Å². The van der Waals surface area contributed by atoms with E-state index < -0.39 is 0 Å². The number of terminal acetylenes is 1. The highest BCUT2D eigenvalue weighted by atomic mass is 15.2. The van der Waals surface area contributed by atoms with Gasteiger partial charge in [0.25, 0.3) is 0 Å². The molecule has 0 saturated carbocycles. The second kappa shape index (κ2) is 4.82. The Balaban J connectivity index is 1.95. The van der Waals surface area contributed by atoms with Gasteiger partial charge >= 0.3 is 0 Å². The van der Waals surface area contributed by atoms with Crippen LogP contribution in [0.3, 0.4) is 0 Å². The highest BCUT2D eigenvalue weighted by Crippen LogP contribution is 2.23. The molecule has 2 fully saturated rings. The van der Waals surface area contributed by atoms with E-state index in [1.807, 2.05) is 0 Å². The van der Waals surface area contributed by atoms with Gasteiger partial charge in [-0.25, -0.2) is 0 Å². The van der Waals surface area contributed by atoms with E-state index in [1.165, 1.54) is 45.2 Å². The summed E-state index contributed by atoms with van der Waals surface area (Å²) in [5.41, 5.74) is 0. The smallest absolute Gasteiger partial charge is 0.0601 e. The average molecular weight is 192 g/mol. The second-order valence-electron chi connectivity index (χ2n) is 4.44. The number of piperidine rings is 1. The quantitative estimate of drug-likeness (QED) is 0.662. The van der Waals surface area contributed by atoms with Gasteiger partial charge in [-0.05, 0) is 38.8 Å². The molecule has 78 valence electrons. The number of nitrogens with zero attached hydrogens (tertiary/aromatic N) is 1. The summed E-state index contributed by atoms with van der Waals surface area (Å²) in [6, 6.07) is 1.42. The molecule has 0 aromatic carbocycles. The first kappa shape index (κ1) is 10.0. The molecule has 2 rings (SSSR count). The molecular weight excluding hydrogens is 172 g/mol. The van der Waals surface area contributed by atoms with E-state index in [4.69, 9.17) is 6.42 Å². The minimum Gasteiger partial charge on any atom is -0.312 e. The van der Waals surface area contributed by atoms with Gasteiger partial charge in [0.1, 0.15) is 0 Å². The summed E-state index contributed by atoms with van der Waals surface area (Å²) in [5.74, 6) is 2.79. The molecule has 2 heterocycles. The maximum atomic E-state index is 5.41.